The molecule has 1 aliphatic heterocycles. The molecule has 23 heavy (non-hydrogen) atoms. The van der Waals surface area contributed by atoms with Crippen LogP contribution in [-0.4, -0.2) is 32.0 Å². The average Bonchev–Trinajstić information content (AvgIpc) is 2.75. The van der Waals surface area contributed by atoms with Crippen molar-refractivity contribution in [1.82, 2.24) is 5.32 Å². The van der Waals surface area contributed by atoms with Gasteiger partial charge in [0.05, 0.1) is 4.21 Å². The van der Waals surface area contributed by atoms with Crippen LogP contribution in [0.25, 0.3) is 0 Å². The molecule has 0 aromatic carbocycles. The van der Waals surface area contributed by atoms with Crippen molar-refractivity contribution in [2.24, 2.45) is 17.0 Å². The summed E-state index contributed by atoms with van der Waals surface area (Å²) in [5.41, 5.74) is 0.495. The Hall–Kier alpha value is -0.120. The van der Waals surface area contributed by atoms with E-state index in [0.717, 1.165) is 22.1 Å². The molecule has 0 saturated heterocycles. The fraction of sp³-hybridized carbons (Fsp3) is 0.643. The van der Waals surface area contributed by atoms with Gasteiger partial charge in [-0.25, -0.2) is 13.6 Å². The smallest absolute Gasteiger partial charge is 0.247 e. The van der Waals surface area contributed by atoms with Gasteiger partial charge >= 0.3 is 0 Å². The minimum atomic E-state index is -3.77. The number of hydrogen-bond acceptors (Lipinski definition) is 6. The third-order valence-corrected chi connectivity index (χ3v) is 7.70. The number of nitrogens with two attached hydrogens (primary N) is 1. The Morgan fingerprint density at radius 3 is 2.52 bits per heavy atom. The first-order valence-electron chi connectivity index (χ1n) is 7.13. The van der Waals surface area contributed by atoms with Gasteiger partial charge in [0.2, 0.25) is 10.0 Å². The predicted molar refractivity (Wildman–Crippen MR) is 98.4 cm³/mol. The molecule has 132 valence electrons. The van der Waals surface area contributed by atoms with Crippen LogP contribution in [-0.2, 0) is 10.0 Å². The lowest BCUT2D eigenvalue weighted by molar-refractivity contribution is 0.0890. The number of halogens is 1. The molecule has 1 atom stereocenters. The molecule has 0 amide bonds. The quantitative estimate of drug-likeness (QED) is 0.795. The van der Waals surface area contributed by atoms with Gasteiger partial charge < -0.3 is 5.32 Å². The highest BCUT2D eigenvalue weighted by molar-refractivity contribution is 8.03. The molecular weight excluding hydrogens is 376 g/mol. The van der Waals surface area contributed by atoms with Crippen molar-refractivity contribution in [3.8, 4) is 0 Å². The van der Waals surface area contributed by atoms with Crippen molar-refractivity contribution in [2.45, 2.75) is 40.9 Å². The van der Waals surface area contributed by atoms with Gasteiger partial charge in [-0.15, -0.1) is 35.5 Å². The second kappa shape index (κ2) is 7.41. The highest BCUT2D eigenvalue weighted by atomic mass is 35.5. The minimum Gasteiger partial charge on any atom is -0.316 e. The lowest BCUT2D eigenvalue weighted by atomic mass is 9.87. The van der Waals surface area contributed by atoms with Gasteiger partial charge in [0.15, 0.2) is 5.78 Å². The Kier molecular flexibility index (Phi) is 6.74. The molecule has 2 rings (SSSR count). The van der Waals surface area contributed by atoms with E-state index in [1.807, 2.05) is 13.8 Å². The molecule has 0 spiro atoms. The maximum Gasteiger partial charge on any atom is 0.247 e. The highest BCUT2D eigenvalue weighted by Crippen LogP contribution is 2.49. The zero-order valence-electron chi connectivity index (χ0n) is 13.6. The number of primary sulfonamides is 1. The summed E-state index contributed by atoms with van der Waals surface area (Å²) in [6, 6.07) is 1.43. The van der Waals surface area contributed by atoms with E-state index in [0.29, 0.717) is 18.0 Å². The fourth-order valence-corrected chi connectivity index (χ4v) is 6.35. The van der Waals surface area contributed by atoms with Crippen molar-refractivity contribution < 1.29 is 13.2 Å². The standard InChI is InChI=1S/C14H22N2O3S3.ClH/c1-8(2)6-16-7-10-12(17)9-5-11(22(15,18)19)20-13(9)21-14(10,3)4;/h5,8,10,16H,6-7H2,1-4H3,(H2,15,18,19);1H. The molecule has 5 nitrogen and oxygen atoms in total. The van der Waals surface area contributed by atoms with E-state index >= 15 is 0 Å². The third-order valence-electron chi connectivity index (χ3n) is 3.63. The van der Waals surface area contributed by atoms with Crippen LogP contribution >= 0.6 is 35.5 Å². The molecule has 0 fully saturated rings. The van der Waals surface area contributed by atoms with Crippen LogP contribution in [0.15, 0.2) is 14.5 Å². The van der Waals surface area contributed by atoms with Gasteiger partial charge in [-0.2, -0.15) is 0 Å². The molecule has 1 unspecified atom stereocenters. The van der Waals surface area contributed by atoms with Crippen molar-refractivity contribution in [2.75, 3.05) is 13.1 Å². The van der Waals surface area contributed by atoms with Gasteiger partial charge in [0, 0.05) is 22.8 Å². The summed E-state index contributed by atoms with van der Waals surface area (Å²) in [5.74, 6) is 0.327. The molecule has 2 heterocycles. The first-order valence-corrected chi connectivity index (χ1v) is 10.3. The number of rotatable bonds is 5. The van der Waals surface area contributed by atoms with Gasteiger partial charge in [-0.1, -0.05) is 13.8 Å². The van der Waals surface area contributed by atoms with E-state index in [1.54, 1.807) is 11.8 Å². The van der Waals surface area contributed by atoms with Crippen LogP contribution in [0.3, 0.4) is 0 Å². The van der Waals surface area contributed by atoms with Crippen molar-refractivity contribution in [3.63, 3.8) is 0 Å². The van der Waals surface area contributed by atoms with Gasteiger partial charge in [-0.05, 0) is 32.4 Å². The van der Waals surface area contributed by atoms with E-state index < -0.39 is 10.0 Å². The van der Waals surface area contributed by atoms with Crippen LogP contribution < -0.4 is 10.5 Å². The summed E-state index contributed by atoms with van der Waals surface area (Å²) in [6.45, 7) is 9.73. The van der Waals surface area contributed by atoms with E-state index in [4.69, 9.17) is 5.14 Å². The molecule has 1 aliphatic rings. The lowest BCUT2D eigenvalue weighted by Gasteiger charge is -2.36. The molecule has 0 aliphatic carbocycles. The number of Topliss-reactive ketones (excluding diaryl/α,β-unsaturated/α-hetero) is 1. The van der Waals surface area contributed by atoms with E-state index in [-0.39, 0.29) is 33.1 Å². The summed E-state index contributed by atoms with van der Waals surface area (Å²) >= 11 is 2.65. The van der Waals surface area contributed by atoms with Crippen molar-refractivity contribution in [1.29, 1.82) is 0 Å². The van der Waals surface area contributed by atoms with E-state index in [2.05, 4.69) is 19.2 Å². The number of fused-ring (bicyclic) bond motifs is 1. The van der Waals surface area contributed by atoms with Crippen LogP contribution in [0.5, 0.6) is 0 Å². The molecule has 0 bridgehead atoms. The van der Waals surface area contributed by atoms with Crippen LogP contribution in [0.2, 0.25) is 0 Å². The summed E-state index contributed by atoms with van der Waals surface area (Å²) in [7, 11) is -3.77. The maximum absolute atomic E-state index is 12.8. The summed E-state index contributed by atoms with van der Waals surface area (Å²) in [5, 5.41) is 8.51. The summed E-state index contributed by atoms with van der Waals surface area (Å²) < 4.78 is 23.5. The van der Waals surface area contributed by atoms with Crippen LogP contribution in [0, 0.1) is 11.8 Å². The Morgan fingerprint density at radius 1 is 1.39 bits per heavy atom. The molecule has 0 radical (unpaired) electrons. The lowest BCUT2D eigenvalue weighted by Crippen LogP contribution is -2.44. The van der Waals surface area contributed by atoms with Gasteiger partial charge in [-0.3, -0.25) is 4.79 Å². The molecular formula is C14H23ClN2O3S3. The Balaban J connectivity index is 0.00000264. The first-order chi connectivity index (χ1) is 10.0. The normalized spacial score (nSPS) is 20.3. The zero-order valence-corrected chi connectivity index (χ0v) is 16.8. The monoisotopic (exact) mass is 398 g/mol. The second-order valence-electron chi connectivity index (χ2n) is 6.49. The molecule has 0 saturated carbocycles. The molecule has 1 aromatic rings. The average molecular weight is 399 g/mol. The maximum atomic E-state index is 12.8. The fourth-order valence-electron chi connectivity index (χ4n) is 2.41. The van der Waals surface area contributed by atoms with E-state index in [1.165, 1.54) is 6.07 Å². The van der Waals surface area contributed by atoms with Crippen molar-refractivity contribution in [3.05, 3.63) is 11.6 Å². The number of thiophene rings is 1. The highest BCUT2D eigenvalue weighted by Gasteiger charge is 2.43. The Morgan fingerprint density at radius 2 is 2.00 bits per heavy atom. The van der Waals surface area contributed by atoms with Crippen molar-refractivity contribution >= 4 is 51.3 Å². The molecule has 3 N–H and O–H groups in total. The number of nitrogens with one attached hydrogen (secondary N) is 1. The number of carbonyl (C=O) groups excluding carboxylic acids is 1. The number of ketones is 1. The third kappa shape index (κ3) is 4.70. The number of thioether (sulfide) groups is 1. The molecule has 1 aromatic heterocycles. The SMILES string of the molecule is CC(C)CNCC1C(=O)c2cc(S(N)(=O)=O)sc2SC1(C)C.Cl. The predicted octanol–water partition coefficient (Wildman–Crippen LogP) is 2.75. The number of sulfonamides is 1. The Labute approximate surface area is 152 Å². The van der Waals surface area contributed by atoms with Gasteiger partial charge in [0.25, 0.3) is 0 Å². The zero-order chi connectivity index (χ0) is 16.7. The van der Waals surface area contributed by atoms with Crippen LogP contribution in [0.1, 0.15) is 38.1 Å². The molecule has 9 heteroatoms. The largest absolute Gasteiger partial charge is 0.316 e. The van der Waals surface area contributed by atoms with Crippen LogP contribution in [0.4, 0.5) is 0 Å². The summed E-state index contributed by atoms with van der Waals surface area (Å²) in [6.07, 6.45) is 0. The van der Waals surface area contributed by atoms with Gasteiger partial charge in [0.1, 0.15) is 4.21 Å². The summed E-state index contributed by atoms with van der Waals surface area (Å²) in [4.78, 5) is 12.8. The minimum absolute atomic E-state index is 0. The first kappa shape index (κ1) is 20.9. The number of carbonyl (C=O) groups is 1. The van der Waals surface area contributed by atoms with E-state index in [9.17, 15) is 13.2 Å². The Bertz CT molecular complexity index is 683. The number of hydrogen-bond donors (Lipinski definition) is 2. The second-order valence-corrected chi connectivity index (χ2v) is 11.2. The topological polar surface area (TPSA) is 89.3 Å².